The molecule has 0 saturated heterocycles. The van der Waals surface area contributed by atoms with E-state index >= 15 is 0 Å². The Bertz CT molecular complexity index is 704. The van der Waals surface area contributed by atoms with Gasteiger partial charge in [0.1, 0.15) is 0 Å². The Hall–Kier alpha value is -2.37. The number of halogens is 1. The molecule has 0 aliphatic heterocycles. The molecule has 0 heterocycles. The summed E-state index contributed by atoms with van der Waals surface area (Å²) < 4.78 is 5.54. The van der Waals surface area contributed by atoms with E-state index in [4.69, 9.17) is 22.1 Å². The monoisotopic (exact) mass is 332 g/mol. The maximum absolute atomic E-state index is 12.5. The molecule has 3 N–H and O–H groups in total. The Kier molecular flexibility index (Phi) is 5.73. The van der Waals surface area contributed by atoms with Gasteiger partial charge in [-0.1, -0.05) is 41.9 Å². The van der Waals surface area contributed by atoms with E-state index in [0.29, 0.717) is 12.3 Å². The number of rotatable bonds is 6. The van der Waals surface area contributed by atoms with Crippen molar-refractivity contribution < 1.29 is 14.3 Å². The SMILES string of the molecule is CCOC(C(=O)Nc1ccc(C(N)=O)c(Cl)c1)c1ccccc1. The molecule has 0 bridgehead atoms. The highest BCUT2D eigenvalue weighted by Gasteiger charge is 2.21. The molecule has 0 aromatic heterocycles. The molecule has 120 valence electrons. The molecular weight excluding hydrogens is 316 g/mol. The van der Waals surface area contributed by atoms with E-state index in [0.717, 1.165) is 5.56 Å². The molecule has 0 spiro atoms. The normalized spacial score (nSPS) is 11.7. The van der Waals surface area contributed by atoms with E-state index in [1.165, 1.54) is 12.1 Å². The number of anilines is 1. The third-order valence-electron chi connectivity index (χ3n) is 3.18. The third-order valence-corrected chi connectivity index (χ3v) is 3.49. The van der Waals surface area contributed by atoms with Crippen molar-refractivity contribution in [3.63, 3.8) is 0 Å². The largest absolute Gasteiger partial charge is 0.366 e. The van der Waals surface area contributed by atoms with Gasteiger partial charge in [0.05, 0.1) is 10.6 Å². The Morgan fingerprint density at radius 2 is 1.91 bits per heavy atom. The molecule has 6 heteroatoms. The zero-order valence-electron chi connectivity index (χ0n) is 12.6. The molecule has 23 heavy (non-hydrogen) atoms. The van der Waals surface area contributed by atoms with E-state index in [1.54, 1.807) is 6.07 Å². The standard InChI is InChI=1S/C17H17ClN2O3/c1-2-23-15(11-6-4-3-5-7-11)17(22)20-12-8-9-13(16(19)21)14(18)10-12/h3-10,15H,2H2,1H3,(H2,19,21)(H,20,22). The molecule has 2 rings (SSSR count). The zero-order chi connectivity index (χ0) is 16.8. The van der Waals surface area contributed by atoms with Crippen LogP contribution in [0.2, 0.25) is 5.02 Å². The summed E-state index contributed by atoms with van der Waals surface area (Å²) in [7, 11) is 0. The number of hydrogen-bond donors (Lipinski definition) is 2. The van der Waals surface area contributed by atoms with Crippen molar-refractivity contribution in [2.24, 2.45) is 5.73 Å². The predicted molar refractivity (Wildman–Crippen MR) is 89.4 cm³/mol. The Morgan fingerprint density at radius 1 is 1.22 bits per heavy atom. The molecule has 0 radical (unpaired) electrons. The Morgan fingerprint density at radius 3 is 2.48 bits per heavy atom. The number of carbonyl (C=O) groups is 2. The van der Waals surface area contributed by atoms with Crippen LogP contribution in [-0.2, 0) is 9.53 Å². The van der Waals surface area contributed by atoms with Gasteiger partial charge >= 0.3 is 0 Å². The molecule has 0 aliphatic carbocycles. The van der Waals surface area contributed by atoms with E-state index in [9.17, 15) is 9.59 Å². The highest BCUT2D eigenvalue weighted by atomic mass is 35.5. The van der Waals surface area contributed by atoms with Crippen molar-refractivity contribution in [2.45, 2.75) is 13.0 Å². The number of nitrogens with one attached hydrogen (secondary N) is 1. The van der Waals surface area contributed by atoms with Gasteiger partial charge in [0.15, 0.2) is 6.10 Å². The lowest BCUT2D eigenvalue weighted by molar-refractivity contribution is -0.127. The van der Waals surface area contributed by atoms with E-state index < -0.39 is 12.0 Å². The summed E-state index contributed by atoms with van der Waals surface area (Å²) >= 11 is 5.98. The van der Waals surface area contributed by atoms with Crippen molar-refractivity contribution in [3.8, 4) is 0 Å². The van der Waals surface area contributed by atoms with E-state index in [-0.39, 0.29) is 16.5 Å². The van der Waals surface area contributed by atoms with Gasteiger partial charge in [-0.25, -0.2) is 0 Å². The molecule has 1 unspecified atom stereocenters. The Labute approximate surface area is 139 Å². The molecule has 1 atom stereocenters. The van der Waals surface area contributed by atoms with Crippen LogP contribution in [0.1, 0.15) is 28.9 Å². The number of ether oxygens (including phenoxy) is 1. The molecule has 0 aliphatic rings. The second-order valence-corrected chi connectivity index (χ2v) is 5.20. The van der Waals surface area contributed by atoms with Crippen LogP contribution >= 0.6 is 11.6 Å². The maximum atomic E-state index is 12.5. The number of carbonyl (C=O) groups excluding carboxylic acids is 2. The van der Waals surface area contributed by atoms with Crippen LogP contribution in [0.5, 0.6) is 0 Å². The molecule has 0 fully saturated rings. The lowest BCUT2D eigenvalue weighted by Crippen LogP contribution is -2.23. The van der Waals surface area contributed by atoms with Crippen LogP contribution in [0.3, 0.4) is 0 Å². The van der Waals surface area contributed by atoms with Crippen molar-refractivity contribution in [1.29, 1.82) is 0 Å². The lowest BCUT2D eigenvalue weighted by atomic mass is 10.1. The number of primary amides is 1. The first-order valence-corrected chi connectivity index (χ1v) is 7.47. The number of hydrogen-bond acceptors (Lipinski definition) is 3. The number of amides is 2. The van der Waals surface area contributed by atoms with E-state index in [2.05, 4.69) is 5.32 Å². The zero-order valence-corrected chi connectivity index (χ0v) is 13.3. The van der Waals surface area contributed by atoms with Crippen LogP contribution in [0.25, 0.3) is 0 Å². The highest BCUT2D eigenvalue weighted by Crippen LogP contribution is 2.23. The molecule has 2 aromatic rings. The molecule has 0 saturated carbocycles. The number of benzene rings is 2. The first-order valence-electron chi connectivity index (χ1n) is 7.09. The fraction of sp³-hybridized carbons (Fsp3) is 0.176. The van der Waals surface area contributed by atoms with Gasteiger partial charge in [-0.2, -0.15) is 0 Å². The predicted octanol–water partition coefficient (Wildman–Crippen LogP) is 3.16. The van der Waals surface area contributed by atoms with Crippen molar-refractivity contribution in [2.75, 3.05) is 11.9 Å². The van der Waals surface area contributed by atoms with Gasteiger partial charge in [-0.15, -0.1) is 0 Å². The molecular formula is C17H17ClN2O3. The van der Waals surface area contributed by atoms with Gasteiger partial charge in [0.25, 0.3) is 5.91 Å². The van der Waals surface area contributed by atoms with Crippen LogP contribution in [0, 0.1) is 0 Å². The van der Waals surface area contributed by atoms with Crippen molar-refractivity contribution in [3.05, 3.63) is 64.7 Å². The average molecular weight is 333 g/mol. The lowest BCUT2D eigenvalue weighted by Gasteiger charge is -2.17. The summed E-state index contributed by atoms with van der Waals surface area (Å²) in [5, 5.41) is 2.92. The van der Waals surface area contributed by atoms with Gasteiger partial charge in [-0.3, -0.25) is 9.59 Å². The van der Waals surface area contributed by atoms with Crippen LogP contribution < -0.4 is 11.1 Å². The summed E-state index contributed by atoms with van der Waals surface area (Å²) in [4.78, 5) is 23.6. The summed E-state index contributed by atoms with van der Waals surface area (Å²) in [6, 6.07) is 13.7. The molecule has 5 nitrogen and oxygen atoms in total. The van der Waals surface area contributed by atoms with Crippen molar-refractivity contribution >= 4 is 29.1 Å². The van der Waals surface area contributed by atoms with Crippen molar-refractivity contribution in [1.82, 2.24) is 0 Å². The van der Waals surface area contributed by atoms with Gasteiger partial charge in [-0.05, 0) is 30.7 Å². The molecule has 2 aromatic carbocycles. The van der Waals surface area contributed by atoms with Crippen LogP contribution in [0.15, 0.2) is 48.5 Å². The summed E-state index contributed by atoms with van der Waals surface area (Å²) in [6.07, 6.45) is -0.726. The van der Waals surface area contributed by atoms with Gasteiger partial charge < -0.3 is 15.8 Å². The first-order chi connectivity index (χ1) is 11.0. The highest BCUT2D eigenvalue weighted by molar-refractivity contribution is 6.34. The summed E-state index contributed by atoms with van der Waals surface area (Å²) in [5.74, 6) is -0.940. The smallest absolute Gasteiger partial charge is 0.258 e. The van der Waals surface area contributed by atoms with E-state index in [1.807, 2.05) is 37.3 Å². The minimum Gasteiger partial charge on any atom is -0.366 e. The fourth-order valence-corrected chi connectivity index (χ4v) is 2.39. The van der Waals surface area contributed by atoms with Gasteiger partial charge in [0.2, 0.25) is 5.91 Å². The number of nitrogens with two attached hydrogens (primary N) is 1. The van der Waals surface area contributed by atoms with Crippen LogP contribution in [0.4, 0.5) is 5.69 Å². The topological polar surface area (TPSA) is 81.4 Å². The minimum atomic E-state index is -0.726. The first kappa shape index (κ1) is 17.0. The maximum Gasteiger partial charge on any atom is 0.258 e. The minimum absolute atomic E-state index is 0.183. The Balaban J connectivity index is 2.19. The van der Waals surface area contributed by atoms with Crippen LogP contribution in [-0.4, -0.2) is 18.4 Å². The molecule has 2 amide bonds. The fourth-order valence-electron chi connectivity index (χ4n) is 2.12. The summed E-state index contributed by atoms with van der Waals surface area (Å²) in [5.41, 5.74) is 6.62. The quantitative estimate of drug-likeness (QED) is 0.852. The van der Waals surface area contributed by atoms with Gasteiger partial charge in [0, 0.05) is 12.3 Å². The summed E-state index contributed by atoms with van der Waals surface area (Å²) in [6.45, 7) is 2.22. The third kappa shape index (κ3) is 4.31. The second-order valence-electron chi connectivity index (χ2n) is 4.79. The average Bonchev–Trinajstić information content (AvgIpc) is 2.53. The second kappa shape index (κ2) is 7.76.